The molecule has 1 amide bonds. The first kappa shape index (κ1) is 24.0. The molecule has 0 atom stereocenters. The molecule has 0 aliphatic heterocycles. The number of hydrogen-bond acceptors (Lipinski definition) is 5. The molecule has 0 bridgehead atoms. The first-order valence-electron chi connectivity index (χ1n) is 11.9. The number of aromatic nitrogens is 2. The second kappa shape index (κ2) is 11.8. The molecule has 0 spiro atoms. The Balaban J connectivity index is 1.30. The maximum Gasteiger partial charge on any atom is 0.224 e. The molecule has 6 nitrogen and oxygen atoms in total. The van der Waals surface area contributed by atoms with Crippen molar-refractivity contribution in [2.45, 2.75) is 33.1 Å². The number of nitrogens with zero attached hydrogens (tertiary/aromatic N) is 2. The normalized spacial score (nSPS) is 10.6. The van der Waals surface area contributed by atoms with Crippen molar-refractivity contribution in [1.29, 1.82) is 0 Å². The van der Waals surface area contributed by atoms with E-state index in [0.29, 0.717) is 31.1 Å². The van der Waals surface area contributed by atoms with E-state index in [2.05, 4.69) is 39.7 Å². The Morgan fingerprint density at radius 2 is 1.66 bits per heavy atom. The summed E-state index contributed by atoms with van der Waals surface area (Å²) in [6.07, 6.45) is 2.03. The zero-order valence-corrected chi connectivity index (χ0v) is 20.1. The topological polar surface area (TPSA) is 76.1 Å². The van der Waals surface area contributed by atoms with Crippen molar-refractivity contribution in [3.63, 3.8) is 0 Å². The summed E-state index contributed by atoms with van der Waals surface area (Å²) in [6.45, 7) is 4.49. The quantitative estimate of drug-likeness (QED) is 0.259. The molecule has 0 saturated heterocycles. The maximum atomic E-state index is 12.4. The third kappa shape index (κ3) is 7.14. The van der Waals surface area contributed by atoms with Crippen molar-refractivity contribution in [2.24, 2.45) is 0 Å². The van der Waals surface area contributed by atoms with E-state index in [4.69, 9.17) is 4.74 Å². The van der Waals surface area contributed by atoms with E-state index in [1.54, 1.807) is 0 Å². The highest BCUT2D eigenvalue weighted by atomic mass is 16.5. The second-order valence-corrected chi connectivity index (χ2v) is 8.26. The predicted molar refractivity (Wildman–Crippen MR) is 141 cm³/mol. The second-order valence-electron chi connectivity index (χ2n) is 8.26. The maximum absolute atomic E-state index is 12.4. The molecule has 4 rings (SSSR count). The van der Waals surface area contributed by atoms with Crippen LogP contribution in [-0.4, -0.2) is 22.5 Å². The number of amides is 1. The van der Waals surface area contributed by atoms with Crippen molar-refractivity contribution in [3.05, 3.63) is 96.3 Å². The van der Waals surface area contributed by atoms with Crippen LogP contribution < -0.4 is 15.4 Å². The van der Waals surface area contributed by atoms with Crippen LogP contribution in [0.5, 0.6) is 5.75 Å². The Bertz CT molecular complexity index is 1260. The smallest absolute Gasteiger partial charge is 0.224 e. The number of benzene rings is 3. The summed E-state index contributed by atoms with van der Waals surface area (Å²) >= 11 is 0. The van der Waals surface area contributed by atoms with Crippen LogP contribution >= 0.6 is 0 Å². The lowest BCUT2D eigenvalue weighted by Crippen LogP contribution is -2.13. The third-order valence-electron chi connectivity index (χ3n) is 5.47. The molecule has 0 saturated carbocycles. The molecule has 2 N–H and O–H groups in total. The van der Waals surface area contributed by atoms with Crippen LogP contribution in [-0.2, 0) is 11.2 Å². The number of ether oxygens (including phenoxy) is 1. The number of hydrogen-bond donors (Lipinski definition) is 2. The summed E-state index contributed by atoms with van der Waals surface area (Å²) in [5, 5.41) is 6.29. The molecule has 0 radical (unpaired) electrons. The fourth-order valence-corrected chi connectivity index (χ4v) is 3.68. The van der Waals surface area contributed by atoms with Gasteiger partial charge in [-0.05, 0) is 55.7 Å². The van der Waals surface area contributed by atoms with Gasteiger partial charge >= 0.3 is 0 Å². The van der Waals surface area contributed by atoms with Gasteiger partial charge in [-0.3, -0.25) is 4.79 Å². The summed E-state index contributed by atoms with van der Waals surface area (Å²) in [5.74, 6) is 2.17. The van der Waals surface area contributed by atoms with Gasteiger partial charge in [0.05, 0.1) is 12.3 Å². The van der Waals surface area contributed by atoms with E-state index in [-0.39, 0.29) is 5.91 Å². The first-order valence-corrected chi connectivity index (χ1v) is 11.9. The lowest BCUT2D eigenvalue weighted by atomic mass is 10.1. The summed E-state index contributed by atoms with van der Waals surface area (Å²) in [6, 6.07) is 27.6. The largest absolute Gasteiger partial charge is 0.494 e. The van der Waals surface area contributed by atoms with Crippen LogP contribution in [0.2, 0.25) is 0 Å². The van der Waals surface area contributed by atoms with E-state index in [9.17, 15) is 4.79 Å². The van der Waals surface area contributed by atoms with E-state index >= 15 is 0 Å². The molecule has 1 aromatic heterocycles. The lowest BCUT2D eigenvalue weighted by Gasteiger charge is -2.11. The highest BCUT2D eigenvalue weighted by molar-refractivity contribution is 5.91. The zero-order valence-electron chi connectivity index (χ0n) is 20.1. The number of rotatable bonds is 10. The van der Waals surface area contributed by atoms with Gasteiger partial charge in [0.1, 0.15) is 17.4 Å². The van der Waals surface area contributed by atoms with Gasteiger partial charge in [0, 0.05) is 29.4 Å². The van der Waals surface area contributed by atoms with Gasteiger partial charge in [-0.15, -0.1) is 0 Å². The zero-order chi connectivity index (χ0) is 24.5. The Morgan fingerprint density at radius 1 is 0.886 bits per heavy atom. The molecule has 4 aromatic rings. The number of aryl methyl sites for hydroxylation is 2. The fraction of sp³-hybridized carbons (Fsp3) is 0.207. The van der Waals surface area contributed by atoms with Crippen molar-refractivity contribution in [2.75, 3.05) is 17.2 Å². The molecular formula is C29H30N4O2. The van der Waals surface area contributed by atoms with Gasteiger partial charge in [0.25, 0.3) is 0 Å². The van der Waals surface area contributed by atoms with Gasteiger partial charge in [-0.2, -0.15) is 0 Å². The molecule has 0 unspecified atom stereocenters. The van der Waals surface area contributed by atoms with Gasteiger partial charge in [0.15, 0.2) is 0 Å². The number of nitrogens with one attached hydrogen (secondary N) is 2. The lowest BCUT2D eigenvalue weighted by molar-refractivity contribution is -0.116. The summed E-state index contributed by atoms with van der Waals surface area (Å²) in [4.78, 5) is 21.5. The van der Waals surface area contributed by atoms with E-state index in [1.807, 2.05) is 79.7 Å². The molecule has 0 aliphatic rings. The van der Waals surface area contributed by atoms with Crippen molar-refractivity contribution < 1.29 is 9.53 Å². The molecule has 1 heterocycles. The van der Waals surface area contributed by atoms with E-state index < -0.39 is 0 Å². The Morgan fingerprint density at radius 3 is 2.43 bits per heavy atom. The van der Waals surface area contributed by atoms with Gasteiger partial charge < -0.3 is 15.4 Å². The molecule has 0 aliphatic carbocycles. The predicted octanol–water partition coefficient (Wildman–Crippen LogP) is 6.56. The van der Waals surface area contributed by atoms with Gasteiger partial charge in [-0.1, -0.05) is 55.5 Å². The Labute approximate surface area is 206 Å². The Hall–Kier alpha value is -4.19. The van der Waals surface area contributed by atoms with E-state index in [1.165, 1.54) is 5.56 Å². The van der Waals surface area contributed by atoms with Crippen LogP contribution in [0.1, 0.15) is 31.2 Å². The minimum absolute atomic E-state index is 0.0451. The third-order valence-corrected chi connectivity index (χ3v) is 5.47. The van der Waals surface area contributed by atoms with Crippen molar-refractivity contribution in [3.8, 4) is 17.0 Å². The molecule has 35 heavy (non-hydrogen) atoms. The summed E-state index contributed by atoms with van der Waals surface area (Å²) < 4.78 is 5.74. The minimum Gasteiger partial charge on any atom is -0.494 e. The molecular weight excluding hydrogens is 436 g/mol. The number of carbonyl (C=O) groups excluding carboxylic acids is 1. The molecule has 178 valence electrons. The van der Waals surface area contributed by atoms with Crippen LogP contribution in [0.15, 0.2) is 84.9 Å². The number of carbonyl (C=O) groups is 1. The highest BCUT2D eigenvalue weighted by Crippen LogP contribution is 2.23. The van der Waals surface area contributed by atoms with Gasteiger partial charge in [0.2, 0.25) is 5.91 Å². The van der Waals surface area contributed by atoms with Gasteiger partial charge in [-0.25, -0.2) is 9.97 Å². The average Bonchev–Trinajstić information content (AvgIpc) is 2.87. The van der Waals surface area contributed by atoms with Crippen LogP contribution in [0.4, 0.5) is 17.2 Å². The molecule has 3 aromatic carbocycles. The fourth-order valence-electron chi connectivity index (χ4n) is 3.68. The van der Waals surface area contributed by atoms with Crippen LogP contribution in [0.3, 0.4) is 0 Å². The monoisotopic (exact) mass is 466 g/mol. The summed E-state index contributed by atoms with van der Waals surface area (Å²) in [7, 11) is 0. The SMILES string of the molecule is CCc1ccc(OCCCC(=O)Nc2cccc(Nc3cc(-c4ccccc4)nc(C)n3)c2)cc1. The average molecular weight is 467 g/mol. The highest BCUT2D eigenvalue weighted by Gasteiger charge is 2.07. The van der Waals surface area contributed by atoms with Crippen LogP contribution in [0.25, 0.3) is 11.3 Å². The summed E-state index contributed by atoms with van der Waals surface area (Å²) in [5.41, 5.74) is 4.72. The minimum atomic E-state index is -0.0451. The van der Waals surface area contributed by atoms with Crippen LogP contribution in [0, 0.1) is 6.92 Å². The van der Waals surface area contributed by atoms with Crippen molar-refractivity contribution in [1.82, 2.24) is 9.97 Å². The standard InChI is InChI=1S/C29H30N4O2/c1-3-22-14-16-26(17-15-22)35-18-8-13-29(34)33-25-12-7-11-24(19-25)32-28-20-27(30-21(2)31-28)23-9-5-4-6-10-23/h4-7,9-12,14-17,19-20H,3,8,13,18H2,1-2H3,(H,33,34)(H,30,31,32). The molecule has 0 fully saturated rings. The Kier molecular flexibility index (Phi) is 8.07. The molecule has 6 heteroatoms. The number of anilines is 3. The first-order chi connectivity index (χ1) is 17.1. The van der Waals surface area contributed by atoms with Crippen molar-refractivity contribution >= 4 is 23.1 Å². The van der Waals surface area contributed by atoms with E-state index in [0.717, 1.165) is 34.8 Å².